The predicted octanol–water partition coefficient (Wildman–Crippen LogP) is 5.44. The Morgan fingerprint density at radius 2 is 1.50 bits per heavy atom. The zero-order valence-corrected chi connectivity index (χ0v) is 20.0. The SMILES string of the molecule is COc1ccc([C@@H]2[C@H](C(=O)Nc3ccc(C)cc3)CCC(=O)N2c2ccc(C)cc2)cc1OC. The molecule has 1 aliphatic heterocycles. The molecule has 6 heteroatoms. The number of carbonyl (C=O) groups is 2. The molecule has 4 rings (SSSR count). The second-order valence-electron chi connectivity index (χ2n) is 8.66. The maximum absolute atomic E-state index is 13.5. The van der Waals surface area contributed by atoms with Gasteiger partial charge in [0.1, 0.15) is 0 Å². The number of hydrogen-bond acceptors (Lipinski definition) is 4. The monoisotopic (exact) mass is 458 g/mol. The zero-order chi connectivity index (χ0) is 24.2. The minimum atomic E-state index is -0.491. The molecular formula is C28H30N2O4. The van der Waals surface area contributed by atoms with Crippen LogP contribution in [-0.2, 0) is 9.59 Å². The standard InChI is InChI=1S/C28H30N2O4/c1-18-5-10-21(11-6-18)29-28(32)23-14-16-26(31)30(22-12-7-19(2)8-13-22)27(23)20-9-15-24(33-3)25(17-20)34-4/h5-13,15,17,23,27H,14,16H2,1-4H3,(H,29,32)/t23-,27-/m1/s1. The highest BCUT2D eigenvalue weighted by atomic mass is 16.5. The normalized spacial score (nSPS) is 17.9. The first-order valence-corrected chi connectivity index (χ1v) is 11.4. The number of aryl methyl sites for hydroxylation is 2. The number of nitrogens with one attached hydrogen (secondary N) is 1. The van der Waals surface area contributed by atoms with Crippen LogP contribution in [-0.4, -0.2) is 26.0 Å². The maximum atomic E-state index is 13.5. The van der Waals surface area contributed by atoms with E-state index in [0.29, 0.717) is 24.3 Å². The van der Waals surface area contributed by atoms with Crippen molar-refractivity contribution in [3.05, 3.63) is 83.4 Å². The molecule has 176 valence electrons. The number of hydrogen-bond donors (Lipinski definition) is 1. The summed E-state index contributed by atoms with van der Waals surface area (Å²) in [6.45, 7) is 4.01. The molecule has 2 atom stereocenters. The summed E-state index contributed by atoms with van der Waals surface area (Å²) in [5, 5.41) is 3.05. The Labute approximate surface area is 200 Å². The van der Waals surface area contributed by atoms with E-state index < -0.39 is 12.0 Å². The lowest BCUT2D eigenvalue weighted by Gasteiger charge is -2.41. The van der Waals surface area contributed by atoms with Gasteiger partial charge in [-0.25, -0.2) is 0 Å². The number of anilines is 2. The summed E-state index contributed by atoms with van der Waals surface area (Å²) in [7, 11) is 3.16. The van der Waals surface area contributed by atoms with Crippen molar-refractivity contribution in [2.75, 3.05) is 24.4 Å². The zero-order valence-electron chi connectivity index (χ0n) is 20.0. The van der Waals surface area contributed by atoms with Crippen LogP contribution in [0.3, 0.4) is 0 Å². The largest absolute Gasteiger partial charge is 0.493 e. The molecule has 6 nitrogen and oxygen atoms in total. The summed E-state index contributed by atoms with van der Waals surface area (Å²) in [6.07, 6.45) is 0.752. The van der Waals surface area contributed by atoms with Gasteiger partial charge in [-0.2, -0.15) is 0 Å². The van der Waals surface area contributed by atoms with Crippen molar-refractivity contribution in [1.29, 1.82) is 0 Å². The molecule has 3 aromatic rings. The molecule has 1 heterocycles. The molecule has 0 bridgehead atoms. The van der Waals surface area contributed by atoms with Gasteiger partial charge in [-0.05, 0) is 62.2 Å². The van der Waals surface area contributed by atoms with Crippen LogP contribution in [0.4, 0.5) is 11.4 Å². The fourth-order valence-corrected chi connectivity index (χ4v) is 4.47. The Balaban J connectivity index is 1.77. The van der Waals surface area contributed by atoms with Gasteiger partial charge in [0.2, 0.25) is 11.8 Å². The highest BCUT2D eigenvalue weighted by molar-refractivity contribution is 6.00. The molecular weight excluding hydrogens is 428 g/mol. The van der Waals surface area contributed by atoms with E-state index in [1.807, 2.05) is 80.6 Å². The lowest BCUT2D eigenvalue weighted by Crippen LogP contribution is -2.47. The van der Waals surface area contributed by atoms with E-state index >= 15 is 0 Å². The third-order valence-electron chi connectivity index (χ3n) is 6.31. The van der Waals surface area contributed by atoms with Gasteiger partial charge in [-0.3, -0.25) is 9.59 Å². The summed E-state index contributed by atoms with van der Waals surface area (Å²) in [5.74, 6) is 0.574. The van der Waals surface area contributed by atoms with Crippen molar-refractivity contribution < 1.29 is 19.1 Å². The van der Waals surface area contributed by atoms with E-state index in [-0.39, 0.29) is 11.8 Å². The topological polar surface area (TPSA) is 67.9 Å². The Bertz CT molecular complexity index is 1170. The molecule has 0 saturated carbocycles. The number of benzene rings is 3. The second kappa shape index (κ2) is 10.00. The molecule has 0 aliphatic carbocycles. The molecule has 3 aromatic carbocycles. The minimum Gasteiger partial charge on any atom is -0.493 e. The van der Waals surface area contributed by atoms with E-state index in [1.54, 1.807) is 19.1 Å². The molecule has 2 amide bonds. The summed E-state index contributed by atoms with van der Waals surface area (Å²) >= 11 is 0. The summed E-state index contributed by atoms with van der Waals surface area (Å²) in [4.78, 5) is 28.5. The van der Waals surface area contributed by atoms with E-state index in [0.717, 1.165) is 28.1 Å². The van der Waals surface area contributed by atoms with Gasteiger partial charge in [0.25, 0.3) is 0 Å². The predicted molar refractivity (Wildman–Crippen MR) is 133 cm³/mol. The Morgan fingerprint density at radius 1 is 0.882 bits per heavy atom. The van der Waals surface area contributed by atoms with Crippen molar-refractivity contribution in [1.82, 2.24) is 0 Å². The van der Waals surface area contributed by atoms with Crippen LogP contribution in [0.15, 0.2) is 66.7 Å². The van der Waals surface area contributed by atoms with Gasteiger partial charge in [0.15, 0.2) is 11.5 Å². The van der Waals surface area contributed by atoms with Gasteiger partial charge in [-0.1, -0.05) is 41.5 Å². The van der Waals surface area contributed by atoms with Crippen molar-refractivity contribution in [2.45, 2.75) is 32.7 Å². The molecule has 1 aliphatic rings. The molecule has 0 aromatic heterocycles. The van der Waals surface area contributed by atoms with E-state index in [1.165, 1.54) is 0 Å². The average Bonchev–Trinajstić information content (AvgIpc) is 2.85. The van der Waals surface area contributed by atoms with Crippen molar-refractivity contribution in [3.8, 4) is 11.5 Å². The Morgan fingerprint density at radius 3 is 2.12 bits per heavy atom. The number of rotatable bonds is 6. The third-order valence-corrected chi connectivity index (χ3v) is 6.31. The number of piperidine rings is 1. The first-order chi connectivity index (χ1) is 16.4. The maximum Gasteiger partial charge on any atom is 0.229 e. The lowest BCUT2D eigenvalue weighted by atomic mass is 9.83. The van der Waals surface area contributed by atoms with Crippen LogP contribution in [0, 0.1) is 19.8 Å². The summed E-state index contributed by atoms with van der Waals surface area (Å²) in [6, 6.07) is 20.6. The molecule has 34 heavy (non-hydrogen) atoms. The molecule has 1 N–H and O–H groups in total. The van der Waals surface area contributed by atoms with Gasteiger partial charge in [-0.15, -0.1) is 0 Å². The van der Waals surface area contributed by atoms with E-state index in [4.69, 9.17) is 9.47 Å². The first-order valence-electron chi connectivity index (χ1n) is 11.4. The molecule has 0 radical (unpaired) electrons. The number of methoxy groups -OCH3 is 2. The smallest absolute Gasteiger partial charge is 0.229 e. The molecule has 1 saturated heterocycles. The van der Waals surface area contributed by atoms with Gasteiger partial charge in [0.05, 0.1) is 26.2 Å². The number of amides is 2. The summed E-state index contributed by atoms with van der Waals surface area (Å²) < 4.78 is 10.9. The van der Waals surface area contributed by atoms with E-state index in [2.05, 4.69) is 5.32 Å². The molecule has 1 fully saturated rings. The van der Waals surface area contributed by atoms with Crippen molar-refractivity contribution >= 4 is 23.2 Å². The first kappa shape index (κ1) is 23.4. The van der Waals surface area contributed by atoms with Crippen LogP contribution < -0.4 is 19.7 Å². The van der Waals surface area contributed by atoms with Crippen LogP contribution in [0.1, 0.15) is 35.6 Å². The minimum absolute atomic E-state index is 0.0111. The second-order valence-corrected chi connectivity index (χ2v) is 8.66. The van der Waals surface area contributed by atoms with Gasteiger partial charge in [0, 0.05) is 17.8 Å². The number of carbonyl (C=O) groups excluding carboxylic acids is 2. The van der Waals surface area contributed by atoms with E-state index in [9.17, 15) is 9.59 Å². The number of ether oxygens (including phenoxy) is 2. The third kappa shape index (κ3) is 4.76. The fourth-order valence-electron chi connectivity index (χ4n) is 4.47. The number of nitrogens with zero attached hydrogens (tertiary/aromatic N) is 1. The van der Waals surface area contributed by atoms with Crippen LogP contribution >= 0.6 is 0 Å². The van der Waals surface area contributed by atoms with Crippen LogP contribution in [0.2, 0.25) is 0 Å². The molecule has 0 spiro atoms. The van der Waals surface area contributed by atoms with Crippen LogP contribution in [0.25, 0.3) is 0 Å². The average molecular weight is 459 g/mol. The lowest BCUT2D eigenvalue weighted by molar-refractivity contribution is -0.125. The van der Waals surface area contributed by atoms with Crippen LogP contribution in [0.5, 0.6) is 11.5 Å². The Kier molecular flexibility index (Phi) is 6.87. The Hall–Kier alpha value is -3.80. The highest BCUT2D eigenvalue weighted by Gasteiger charge is 2.41. The fraction of sp³-hybridized carbons (Fsp3) is 0.286. The van der Waals surface area contributed by atoms with Gasteiger partial charge < -0.3 is 19.7 Å². The van der Waals surface area contributed by atoms with Gasteiger partial charge >= 0.3 is 0 Å². The van der Waals surface area contributed by atoms with Crippen molar-refractivity contribution in [2.24, 2.45) is 5.92 Å². The summed E-state index contributed by atoms with van der Waals surface area (Å²) in [5.41, 5.74) is 4.54. The molecule has 0 unspecified atom stereocenters. The highest BCUT2D eigenvalue weighted by Crippen LogP contribution is 2.42. The quantitative estimate of drug-likeness (QED) is 0.534. The van der Waals surface area contributed by atoms with Crippen molar-refractivity contribution in [3.63, 3.8) is 0 Å².